The summed E-state index contributed by atoms with van der Waals surface area (Å²) < 4.78 is 39.4. The average Bonchev–Trinajstić information content (AvgIpc) is 2.85. The van der Waals surface area contributed by atoms with Gasteiger partial charge in [-0.1, -0.05) is 6.07 Å². The molecule has 108 valence electrons. The standard InChI is InChI=1S/C15H10F3NOS/c16-10-2-4-11(5-3-10)19-14(20)8-21-15(19)9-1-6-12(17)13(18)7-9/h1-7,15H,8H2/t15-/m1/s1. The summed E-state index contributed by atoms with van der Waals surface area (Å²) in [5.74, 6) is -2.20. The number of hydrogen-bond acceptors (Lipinski definition) is 2. The molecule has 0 bridgehead atoms. The van der Waals surface area contributed by atoms with Crippen LogP contribution >= 0.6 is 11.8 Å². The normalized spacial score (nSPS) is 18.3. The first kappa shape index (κ1) is 14.0. The van der Waals surface area contributed by atoms with Crippen LogP contribution in [0.2, 0.25) is 0 Å². The Morgan fingerprint density at radius 1 is 1.00 bits per heavy atom. The fraction of sp³-hybridized carbons (Fsp3) is 0.133. The summed E-state index contributed by atoms with van der Waals surface area (Å²) in [6.45, 7) is 0. The Balaban J connectivity index is 1.99. The van der Waals surface area contributed by atoms with E-state index in [9.17, 15) is 18.0 Å². The lowest BCUT2D eigenvalue weighted by Gasteiger charge is -2.24. The number of thioether (sulfide) groups is 1. The number of hydrogen-bond donors (Lipinski definition) is 0. The summed E-state index contributed by atoms with van der Waals surface area (Å²) >= 11 is 1.32. The molecule has 1 aliphatic heterocycles. The fourth-order valence-electron chi connectivity index (χ4n) is 2.22. The van der Waals surface area contributed by atoms with Crippen LogP contribution in [0.5, 0.6) is 0 Å². The van der Waals surface area contributed by atoms with E-state index in [4.69, 9.17) is 0 Å². The molecule has 0 aliphatic carbocycles. The predicted octanol–water partition coefficient (Wildman–Crippen LogP) is 3.88. The lowest BCUT2D eigenvalue weighted by Crippen LogP contribution is -2.27. The molecule has 0 spiro atoms. The van der Waals surface area contributed by atoms with Crippen molar-refractivity contribution in [1.82, 2.24) is 0 Å². The minimum absolute atomic E-state index is 0.152. The highest BCUT2D eigenvalue weighted by Crippen LogP contribution is 2.41. The van der Waals surface area contributed by atoms with Gasteiger partial charge in [0.2, 0.25) is 5.91 Å². The summed E-state index contributed by atoms with van der Waals surface area (Å²) in [4.78, 5) is 13.5. The SMILES string of the molecule is O=C1CS[C@H](c2ccc(F)c(F)c2)N1c1ccc(F)cc1. The number of nitrogens with zero attached hydrogens (tertiary/aromatic N) is 1. The lowest BCUT2D eigenvalue weighted by molar-refractivity contribution is -0.115. The van der Waals surface area contributed by atoms with Crippen LogP contribution in [0, 0.1) is 17.5 Å². The Hall–Kier alpha value is -1.95. The number of benzene rings is 2. The van der Waals surface area contributed by atoms with Gasteiger partial charge < -0.3 is 0 Å². The molecule has 2 nitrogen and oxygen atoms in total. The number of amides is 1. The minimum atomic E-state index is -0.952. The van der Waals surface area contributed by atoms with Crippen molar-refractivity contribution in [3.63, 3.8) is 0 Å². The third-order valence-corrected chi connectivity index (χ3v) is 4.41. The van der Waals surface area contributed by atoms with Gasteiger partial charge in [0, 0.05) is 5.69 Å². The second-order valence-corrected chi connectivity index (χ2v) is 5.65. The molecular formula is C15H10F3NOS. The van der Waals surface area contributed by atoms with E-state index < -0.39 is 22.8 Å². The largest absolute Gasteiger partial charge is 0.295 e. The van der Waals surface area contributed by atoms with Crippen molar-refractivity contribution in [2.24, 2.45) is 0 Å². The van der Waals surface area contributed by atoms with E-state index in [1.54, 1.807) is 0 Å². The van der Waals surface area contributed by atoms with Crippen LogP contribution in [-0.4, -0.2) is 11.7 Å². The van der Waals surface area contributed by atoms with E-state index in [0.29, 0.717) is 11.3 Å². The Bertz CT molecular complexity index is 690. The molecule has 3 rings (SSSR count). The number of carbonyl (C=O) groups excluding carboxylic acids is 1. The molecule has 1 atom stereocenters. The number of carbonyl (C=O) groups is 1. The zero-order valence-electron chi connectivity index (χ0n) is 10.7. The molecule has 2 aromatic carbocycles. The zero-order valence-corrected chi connectivity index (χ0v) is 11.5. The van der Waals surface area contributed by atoms with Crippen LogP contribution in [0.15, 0.2) is 42.5 Å². The first-order valence-electron chi connectivity index (χ1n) is 6.20. The Kier molecular flexibility index (Phi) is 3.63. The molecule has 21 heavy (non-hydrogen) atoms. The highest BCUT2D eigenvalue weighted by atomic mass is 32.2. The van der Waals surface area contributed by atoms with Crippen LogP contribution < -0.4 is 4.90 Å². The Morgan fingerprint density at radius 2 is 1.71 bits per heavy atom. The molecule has 0 aromatic heterocycles. The highest BCUT2D eigenvalue weighted by molar-refractivity contribution is 8.00. The third-order valence-electron chi connectivity index (χ3n) is 3.20. The van der Waals surface area contributed by atoms with Crippen molar-refractivity contribution < 1.29 is 18.0 Å². The molecule has 6 heteroatoms. The van der Waals surface area contributed by atoms with Crippen molar-refractivity contribution in [3.8, 4) is 0 Å². The summed E-state index contributed by atoms with van der Waals surface area (Å²) in [6.07, 6.45) is 0. The van der Waals surface area contributed by atoms with Gasteiger partial charge in [0.15, 0.2) is 11.6 Å². The molecule has 0 radical (unpaired) electrons. The van der Waals surface area contributed by atoms with Crippen molar-refractivity contribution in [2.45, 2.75) is 5.37 Å². The molecule has 1 fully saturated rings. The molecule has 1 saturated heterocycles. The minimum Gasteiger partial charge on any atom is -0.295 e. The van der Waals surface area contributed by atoms with Crippen molar-refractivity contribution in [3.05, 3.63) is 65.5 Å². The zero-order chi connectivity index (χ0) is 15.0. The topological polar surface area (TPSA) is 20.3 Å². The van der Waals surface area contributed by atoms with Gasteiger partial charge in [-0.3, -0.25) is 9.69 Å². The van der Waals surface area contributed by atoms with Crippen molar-refractivity contribution in [2.75, 3.05) is 10.7 Å². The Labute approximate surface area is 123 Å². The summed E-state index contributed by atoms with van der Waals surface area (Å²) in [5, 5.41) is -0.446. The first-order valence-corrected chi connectivity index (χ1v) is 7.25. The van der Waals surface area contributed by atoms with Gasteiger partial charge in [0.1, 0.15) is 11.2 Å². The van der Waals surface area contributed by atoms with Gasteiger partial charge in [-0.25, -0.2) is 13.2 Å². The maximum Gasteiger partial charge on any atom is 0.238 e. The van der Waals surface area contributed by atoms with Crippen LogP contribution in [0.4, 0.5) is 18.9 Å². The summed E-state index contributed by atoms with van der Waals surface area (Å²) in [5.41, 5.74) is 1.02. The van der Waals surface area contributed by atoms with Crippen LogP contribution in [0.25, 0.3) is 0 Å². The Morgan fingerprint density at radius 3 is 2.38 bits per heavy atom. The maximum absolute atomic E-state index is 13.4. The maximum atomic E-state index is 13.4. The summed E-state index contributed by atoms with van der Waals surface area (Å²) in [7, 11) is 0. The second kappa shape index (κ2) is 5.44. The van der Waals surface area contributed by atoms with Gasteiger partial charge in [-0.2, -0.15) is 0 Å². The summed E-state index contributed by atoms with van der Waals surface area (Å²) in [6, 6.07) is 9.07. The highest BCUT2D eigenvalue weighted by Gasteiger charge is 2.34. The van der Waals surface area contributed by atoms with E-state index >= 15 is 0 Å². The monoisotopic (exact) mass is 309 g/mol. The fourth-order valence-corrected chi connectivity index (χ4v) is 3.38. The van der Waals surface area contributed by atoms with Gasteiger partial charge in [0.25, 0.3) is 0 Å². The second-order valence-electron chi connectivity index (χ2n) is 4.58. The van der Waals surface area contributed by atoms with E-state index in [0.717, 1.165) is 12.1 Å². The van der Waals surface area contributed by atoms with Crippen LogP contribution in [0.1, 0.15) is 10.9 Å². The van der Waals surface area contributed by atoms with Crippen LogP contribution in [-0.2, 0) is 4.79 Å². The molecule has 0 unspecified atom stereocenters. The molecule has 1 aliphatic rings. The number of anilines is 1. The van der Waals surface area contributed by atoms with Gasteiger partial charge in [0.05, 0.1) is 5.75 Å². The third kappa shape index (κ3) is 2.63. The molecule has 0 N–H and O–H groups in total. The van der Waals surface area contributed by atoms with Gasteiger partial charge >= 0.3 is 0 Å². The van der Waals surface area contributed by atoms with Crippen molar-refractivity contribution >= 4 is 23.4 Å². The van der Waals surface area contributed by atoms with Gasteiger partial charge in [-0.05, 0) is 42.0 Å². The van der Waals surface area contributed by atoms with E-state index in [2.05, 4.69) is 0 Å². The average molecular weight is 309 g/mol. The number of halogens is 3. The van der Waals surface area contributed by atoms with E-state index in [1.165, 1.54) is 47.0 Å². The number of rotatable bonds is 2. The molecule has 1 heterocycles. The van der Waals surface area contributed by atoms with E-state index in [1.807, 2.05) is 0 Å². The molecule has 1 amide bonds. The van der Waals surface area contributed by atoms with Crippen LogP contribution in [0.3, 0.4) is 0 Å². The van der Waals surface area contributed by atoms with Gasteiger partial charge in [-0.15, -0.1) is 11.8 Å². The quantitative estimate of drug-likeness (QED) is 0.839. The van der Waals surface area contributed by atoms with E-state index in [-0.39, 0.29) is 11.7 Å². The molecule has 0 saturated carbocycles. The smallest absolute Gasteiger partial charge is 0.238 e. The van der Waals surface area contributed by atoms with Crippen molar-refractivity contribution in [1.29, 1.82) is 0 Å². The first-order chi connectivity index (χ1) is 10.1. The lowest BCUT2D eigenvalue weighted by atomic mass is 10.1. The molecular weight excluding hydrogens is 299 g/mol. The predicted molar refractivity (Wildman–Crippen MR) is 75.4 cm³/mol. The molecule has 2 aromatic rings.